The lowest BCUT2D eigenvalue weighted by Crippen LogP contribution is -2.39. The predicted molar refractivity (Wildman–Crippen MR) is 106 cm³/mol. The number of urea groups is 1. The van der Waals surface area contributed by atoms with E-state index in [9.17, 15) is 14.0 Å². The summed E-state index contributed by atoms with van der Waals surface area (Å²) in [5, 5.41) is 7.28. The van der Waals surface area contributed by atoms with Gasteiger partial charge in [0.2, 0.25) is 0 Å². The molecule has 2 aliphatic heterocycles. The van der Waals surface area contributed by atoms with Gasteiger partial charge in [-0.1, -0.05) is 27.5 Å². The Hall–Kier alpha value is -2.13. The number of benzene rings is 1. The minimum Gasteiger partial charge on any atom is -0.339 e. The standard InChI is InChI=1S/C18H18BrClFN5O2/c1-24-7-10(19)8-26-16(17(24)27)12-9-25(5-4-15(12)23-26)18(28)22-11-2-3-14(21)13(20)6-11/h2-3,6,10H,4-5,7-9H2,1H3,(H,22,28). The summed E-state index contributed by atoms with van der Waals surface area (Å²) in [6, 6.07) is 3.69. The fourth-order valence-corrected chi connectivity index (χ4v) is 4.44. The van der Waals surface area contributed by atoms with Gasteiger partial charge < -0.3 is 15.1 Å². The topological polar surface area (TPSA) is 70.5 Å². The molecule has 2 aliphatic rings. The minimum absolute atomic E-state index is 0.0568. The molecule has 148 valence electrons. The van der Waals surface area contributed by atoms with Gasteiger partial charge in [-0.3, -0.25) is 9.48 Å². The minimum atomic E-state index is -0.544. The third-order valence-corrected chi connectivity index (χ3v) is 5.82. The smallest absolute Gasteiger partial charge is 0.322 e. The molecule has 3 heterocycles. The molecule has 0 aliphatic carbocycles. The van der Waals surface area contributed by atoms with E-state index >= 15 is 0 Å². The first-order valence-corrected chi connectivity index (χ1v) is 10.1. The van der Waals surface area contributed by atoms with E-state index in [1.807, 2.05) is 0 Å². The van der Waals surface area contributed by atoms with E-state index in [4.69, 9.17) is 11.6 Å². The second-order valence-electron chi connectivity index (χ2n) is 6.97. The number of rotatable bonds is 1. The van der Waals surface area contributed by atoms with E-state index in [1.165, 1.54) is 18.2 Å². The Balaban J connectivity index is 1.57. The lowest BCUT2D eigenvalue weighted by atomic mass is 10.0. The van der Waals surface area contributed by atoms with Gasteiger partial charge in [-0.25, -0.2) is 9.18 Å². The molecule has 0 saturated heterocycles. The molecule has 28 heavy (non-hydrogen) atoms. The van der Waals surface area contributed by atoms with Gasteiger partial charge in [0.15, 0.2) is 0 Å². The number of hydrogen-bond acceptors (Lipinski definition) is 3. The van der Waals surface area contributed by atoms with E-state index in [2.05, 4.69) is 26.3 Å². The molecule has 1 aromatic carbocycles. The summed E-state index contributed by atoms with van der Waals surface area (Å²) in [7, 11) is 1.76. The molecule has 1 atom stereocenters. The van der Waals surface area contributed by atoms with Gasteiger partial charge in [-0.05, 0) is 18.2 Å². The highest BCUT2D eigenvalue weighted by atomic mass is 79.9. The van der Waals surface area contributed by atoms with Crippen LogP contribution in [0, 0.1) is 5.82 Å². The Morgan fingerprint density at radius 3 is 2.93 bits per heavy atom. The van der Waals surface area contributed by atoms with E-state index < -0.39 is 5.82 Å². The van der Waals surface area contributed by atoms with Crippen LogP contribution in [0.3, 0.4) is 0 Å². The van der Waals surface area contributed by atoms with Gasteiger partial charge in [0, 0.05) is 37.8 Å². The lowest BCUT2D eigenvalue weighted by molar-refractivity contribution is 0.0795. The van der Waals surface area contributed by atoms with E-state index in [0.29, 0.717) is 37.4 Å². The molecule has 2 aromatic rings. The summed E-state index contributed by atoms with van der Waals surface area (Å²) in [6.45, 7) is 1.95. The summed E-state index contributed by atoms with van der Waals surface area (Å²) >= 11 is 9.36. The average Bonchev–Trinajstić information content (AvgIpc) is 2.95. The molecule has 0 radical (unpaired) electrons. The van der Waals surface area contributed by atoms with Gasteiger partial charge in [-0.15, -0.1) is 0 Å². The molecule has 0 fully saturated rings. The van der Waals surface area contributed by atoms with Gasteiger partial charge in [-0.2, -0.15) is 5.10 Å². The Kier molecular flexibility index (Phi) is 5.05. The second kappa shape index (κ2) is 7.36. The SMILES string of the molecule is CN1CC(Br)Cn2nc3c(c2C1=O)CN(C(=O)Nc1ccc(F)c(Cl)c1)CC3. The number of carbonyl (C=O) groups excluding carboxylic acids is 2. The number of carbonyl (C=O) groups is 2. The van der Waals surface area contributed by atoms with Gasteiger partial charge in [0.1, 0.15) is 11.5 Å². The molecule has 1 unspecified atom stereocenters. The second-order valence-corrected chi connectivity index (χ2v) is 8.67. The predicted octanol–water partition coefficient (Wildman–Crippen LogP) is 3.11. The summed E-state index contributed by atoms with van der Waals surface area (Å²) < 4.78 is 15.1. The van der Waals surface area contributed by atoms with Crippen LogP contribution < -0.4 is 5.32 Å². The quantitative estimate of drug-likeness (QED) is 0.651. The number of halogens is 3. The van der Waals surface area contributed by atoms with Crippen LogP contribution in [0.15, 0.2) is 18.2 Å². The zero-order valence-corrected chi connectivity index (χ0v) is 17.4. The van der Waals surface area contributed by atoms with Crippen molar-refractivity contribution in [2.24, 2.45) is 0 Å². The molecule has 0 saturated carbocycles. The first-order valence-electron chi connectivity index (χ1n) is 8.82. The largest absolute Gasteiger partial charge is 0.339 e. The van der Waals surface area contributed by atoms with Crippen molar-refractivity contribution in [1.82, 2.24) is 19.6 Å². The number of nitrogens with one attached hydrogen (secondary N) is 1. The van der Waals surface area contributed by atoms with Crippen molar-refractivity contribution < 1.29 is 14.0 Å². The molecule has 10 heteroatoms. The van der Waals surface area contributed by atoms with Crippen LogP contribution in [0.1, 0.15) is 21.7 Å². The van der Waals surface area contributed by atoms with E-state index in [-0.39, 0.29) is 28.3 Å². The van der Waals surface area contributed by atoms with Crippen LogP contribution in [-0.4, -0.2) is 56.5 Å². The number of nitrogens with zero attached hydrogens (tertiary/aromatic N) is 4. The Bertz CT molecular complexity index is 966. The van der Waals surface area contributed by atoms with Crippen LogP contribution in [0.4, 0.5) is 14.9 Å². The monoisotopic (exact) mass is 469 g/mol. The highest BCUT2D eigenvalue weighted by Crippen LogP contribution is 2.27. The molecule has 0 bridgehead atoms. The normalized spacial score (nSPS) is 19.1. The fourth-order valence-electron chi connectivity index (χ4n) is 3.55. The fraction of sp³-hybridized carbons (Fsp3) is 0.389. The van der Waals surface area contributed by atoms with Crippen molar-refractivity contribution in [3.8, 4) is 0 Å². The molecule has 7 nitrogen and oxygen atoms in total. The number of anilines is 1. The van der Waals surface area contributed by atoms with Gasteiger partial charge in [0.05, 0.1) is 28.6 Å². The third-order valence-electron chi connectivity index (χ3n) is 4.95. The van der Waals surface area contributed by atoms with Crippen molar-refractivity contribution in [2.45, 2.75) is 24.3 Å². The third kappa shape index (κ3) is 3.48. The Morgan fingerprint density at radius 1 is 1.39 bits per heavy atom. The summed E-state index contributed by atoms with van der Waals surface area (Å²) in [6.07, 6.45) is 0.566. The zero-order chi connectivity index (χ0) is 20.0. The number of amides is 3. The zero-order valence-electron chi connectivity index (χ0n) is 15.1. The van der Waals surface area contributed by atoms with Gasteiger partial charge in [0.25, 0.3) is 5.91 Å². The number of hydrogen-bond donors (Lipinski definition) is 1. The molecule has 0 spiro atoms. The van der Waals surface area contributed by atoms with Crippen molar-refractivity contribution in [3.05, 3.63) is 46.0 Å². The average molecular weight is 471 g/mol. The lowest BCUT2D eigenvalue weighted by Gasteiger charge is -2.27. The highest BCUT2D eigenvalue weighted by molar-refractivity contribution is 9.09. The van der Waals surface area contributed by atoms with Crippen LogP contribution in [0.25, 0.3) is 0 Å². The van der Waals surface area contributed by atoms with Crippen LogP contribution in [0.2, 0.25) is 5.02 Å². The maximum absolute atomic E-state index is 13.3. The van der Waals surface area contributed by atoms with Crippen molar-refractivity contribution in [2.75, 3.05) is 25.5 Å². The summed E-state index contributed by atoms with van der Waals surface area (Å²) in [4.78, 5) is 28.9. The molecular weight excluding hydrogens is 453 g/mol. The molecule has 4 rings (SSSR count). The molecule has 1 aromatic heterocycles. The maximum atomic E-state index is 13.3. The van der Waals surface area contributed by atoms with Crippen molar-refractivity contribution in [3.63, 3.8) is 0 Å². The van der Waals surface area contributed by atoms with Crippen LogP contribution in [-0.2, 0) is 19.5 Å². The first-order chi connectivity index (χ1) is 13.3. The highest BCUT2D eigenvalue weighted by Gasteiger charge is 2.34. The van der Waals surface area contributed by atoms with Crippen LogP contribution in [0.5, 0.6) is 0 Å². The van der Waals surface area contributed by atoms with Crippen molar-refractivity contribution >= 4 is 45.2 Å². The summed E-state index contributed by atoms with van der Waals surface area (Å²) in [5.74, 6) is -0.638. The molecular formula is C18H18BrClFN5O2. The summed E-state index contributed by atoms with van der Waals surface area (Å²) in [5.41, 5.74) is 2.60. The van der Waals surface area contributed by atoms with Crippen LogP contribution >= 0.6 is 27.5 Å². The first kappa shape index (κ1) is 19.2. The number of alkyl halides is 1. The molecule has 3 amide bonds. The Labute approximate surface area is 174 Å². The maximum Gasteiger partial charge on any atom is 0.322 e. The van der Waals surface area contributed by atoms with Crippen molar-refractivity contribution in [1.29, 1.82) is 0 Å². The van der Waals surface area contributed by atoms with E-state index in [1.54, 1.807) is 21.5 Å². The van der Waals surface area contributed by atoms with E-state index in [0.717, 1.165) is 11.3 Å². The number of fused-ring (bicyclic) bond motifs is 3. The molecule has 1 N–H and O–H groups in total. The Morgan fingerprint density at radius 2 is 2.18 bits per heavy atom. The van der Waals surface area contributed by atoms with Gasteiger partial charge >= 0.3 is 6.03 Å². The number of aromatic nitrogens is 2.